The molecule has 50 valence electrons. The van der Waals surface area contributed by atoms with Crippen LogP contribution in [0.15, 0.2) is 0 Å². The lowest BCUT2D eigenvalue weighted by Crippen LogP contribution is -2.91. The normalized spacial score (nSPS) is 10.5. The molecule has 0 aliphatic heterocycles. The number of aliphatic hydroxyl groups is 1. The van der Waals surface area contributed by atoms with Crippen LogP contribution in [0.4, 0.5) is 0 Å². The van der Waals surface area contributed by atoms with Gasteiger partial charge < -0.3 is 5.11 Å². The van der Waals surface area contributed by atoms with Gasteiger partial charge in [0.05, 0.1) is 20.3 Å². The largest absolute Gasteiger partial charge is 0.395 e. The minimum atomic E-state index is 0.163. The van der Waals surface area contributed by atoms with Crippen molar-refractivity contribution in [3.63, 3.8) is 0 Å². The summed E-state index contributed by atoms with van der Waals surface area (Å²) >= 11 is 0. The molecule has 4 nitrogen and oxygen atoms in total. The highest BCUT2D eigenvalue weighted by Crippen LogP contribution is 1.60. The number of hydrogen-bond acceptors (Lipinski definition) is 3. The fraction of sp³-hybridized carbons (Fsp3) is 1.00. The number of nitrogens with two attached hydrogens (primary N) is 1. The van der Waals surface area contributed by atoms with E-state index in [1.165, 1.54) is 0 Å². The molecule has 0 aromatic carbocycles. The van der Waals surface area contributed by atoms with E-state index in [1.54, 1.807) is 17.7 Å². The quantitative estimate of drug-likeness (QED) is 0.332. The Balaban J connectivity index is 2.92. The second-order valence-electron chi connectivity index (χ2n) is 1.55. The molecule has 0 amide bonds. The molecule has 8 heavy (non-hydrogen) atoms. The number of likely N-dealkylation sites (N-methyl/N-ethyl adjacent to an activating group) is 1. The number of hydrogen-bond donors (Lipinski definition) is 2. The maximum absolute atomic E-state index is 8.35. The van der Waals surface area contributed by atoms with Gasteiger partial charge in [-0.1, -0.05) is 0 Å². The topological polar surface area (TPSA) is 49.3 Å². The Bertz CT molecular complexity index is 45.3. The van der Waals surface area contributed by atoms with E-state index in [-0.39, 0.29) is 6.61 Å². The first-order valence-electron chi connectivity index (χ1n) is 2.48. The van der Waals surface area contributed by atoms with Gasteiger partial charge in [0.15, 0.2) is 0 Å². The Hall–Kier alpha value is -0.160. The van der Waals surface area contributed by atoms with Gasteiger partial charge in [-0.25, -0.2) is 0 Å². The third kappa shape index (κ3) is 4.01. The first-order chi connectivity index (χ1) is 3.81. The number of quaternary nitrogens is 1. The predicted molar refractivity (Wildman–Crippen MR) is 28.7 cm³/mol. The summed E-state index contributed by atoms with van der Waals surface area (Å²) in [4.78, 5) is 4.65. The summed E-state index contributed by atoms with van der Waals surface area (Å²) < 4.78 is 0. The maximum Gasteiger partial charge on any atom is 0.0977 e. The van der Waals surface area contributed by atoms with E-state index in [1.807, 2.05) is 7.05 Å². The number of rotatable bonds is 4. The van der Waals surface area contributed by atoms with Crippen LogP contribution in [0.5, 0.6) is 0 Å². The molecular formula is C4H13N2O2+. The molecule has 0 fully saturated rings. The molecule has 0 bridgehead atoms. The average Bonchev–Trinajstić information content (AvgIpc) is 1.68. The molecule has 3 N–H and O–H groups in total. The van der Waals surface area contributed by atoms with E-state index >= 15 is 0 Å². The predicted octanol–water partition coefficient (Wildman–Crippen LogP) is -2.05. The molecule has 0 unspecified atom stereocenters. The van der Waals surface area contributed by atoms with Crippen LogP contribution >= 0.6 is 0 Å². The van der Waals surface area contributed by atoms with Crippen LogP contribution in [-0.2, 0) is 4.84 Å². The molecule has 0 aromatic rings. The lowest BCUT2D eigenvalue weighted by Gasteiger charge is -2.07. The molecule has 0 radical (unpaired) electrons. The summed E-state index contributed by atoms with van der Waals surface area (Å²) in [5, 5.41) is 10.1. The molecule has 0 saturated carbocycles. The van der Waals surface area contributed by atoms with Gasteiger partial charge in [-0.2, -0.15) is 4.84 Å². The monoisotopic (exact) mass is 121 g/mol. The number of nitrogens with zero attached hydrogens (tertiary/aromatic N) is 1. The standard InChI is InChI=1S/C4H12N2O2/c1-6(3-4-7)5-8-2/h5,7H,3-4H2,1-2H3/p+1. The zero-order valence-electron chi connectivity index (χ0n) is 5.29. The van der Waals surface area contributed by atoms with Crippen LogP contribution in [0.3, 0.4) is 0 Å². The number of aliphatic hydroxyl groups excluding tert-OH is 1. The van der Waals surface area contributed by atoms with Gasteiger partial charge in [-0.3, -0.25) is 0 Å². The lowest BCUT2D eigenvalue weighted by molar-refractivity contribution is -0.992. The van der Waals surface area contributed by atoms with E-state index in [2.05, 4.69) is 4.84 Å². The van der Waals surface area contributed by atoms with Gasteiger partial charge in [-0.15, -0.1) is 10.6 Å². The summed E-state index contributed by atoms with van der Waals surface area (Å²) in [5.74, 6) is 0. The van der Waals surface area contributed by atoms with Crippen molar-refractivity contribution in [3.05, 3.63) is 0 Å². The molecule has 0 spiro atoms. The molecular weight excluding hydrogens is 108 g/mol. The van der Waals surface area contributed by atoms with Crippen LogP contribution in [-0.4, -0.2) is 37.4 Å². The summed E-state index contributed by atoms with van der Waals surface area (Å²) in [6, 6.07) is 0. The smallest absolute Gasteiger partial charge is 0.0977 e. The first kappa shape index (κ1) is 7.84. The maximum atomic E-state index is 8.35. The van der Waals surface area contributed by atoms with Gasteiger partial charge in [0, 0.05) is 7.05 Å². The highest BCUT2D eigenvalue weighted by molar-refractivity contribution is 4.26. The van der Waals surface area contributed by atoms with Gasteiger partial charge in [0.1, 0.15) is 0 Å². The Labute approximate surface area is 49.0 Å². The van der Waals surface area contributed by atoms with Gasteiger partial charge in [-0.05, 0) is 0 Å². The molecule has 0 rings (SSSR count). The Morgan fingerprint density at radius 2 is 2.38 bits per heavy atom. The lowest BCUT2D eigenvalue weighted by atomic mass is 10.7. The van der Waals surface area contributed by atoms with Crippen molar-refractivity contribution >= 4 is 0 Å². The Kier molecular flexibility index (Phi) is 4.89. The van der Waals surface area contributed by atoms with Crippen LogP contribution in [0.25, 0.3) is 0 Å². The zero-order chi connectivity index (χ0) is 6.41. The summed E-state index contributed by atoms with van der Waals surface area (Å²) in [7, 11) is 3.41. The molecule has 0 heterocycles. The SMILES string of the molecule is CO[NH2+]N(C)CCO. The third-order valence-corrected chi connectivity index (χ3v) is 0.738. The van der Waals surface area contributed by atoms with Crippen molar-refractivity contribution in [2.75, 3.05) is 27.3 Å². The van der Waals surface area contributed by atoms with E-state index in [0.717, 1.165) is 0 Å². The van der Waals surface area contributed by atoms with E-state index < -0.39 is 0 Å². The highest BCUT2D eigenvalue weighted by Gasteiger charge is 1.95. The Morgan fingerprint density at radius 1 is 1.75 bits per heavy atom. The second kappa shape index (κ2) is 4.99. The molecule has 0 saturated heterocycles. The van der Waals surface area contributed by atoms with Crippen molar-refractivity contribution in [2.45, 2.75) is 0 Å². The highest BCUT2D eigenvalue weighted by atomic mass is 16.7. The molecule has 0 aromatic heterocycles. The molecule has 0 aliphatic rings. The van der Waals surface area contributed by atoms with Crippen molar-refractivity contribution in [2.24, 2.45) is 0 Å². The van der Waals surface area contributed by atoms with Crippen molar-refractivity contribution in [1.82, 2.24) is 5.01 Å². The zero-order valence-corrected chi connectivity index (χ0v) is 5.29. The minimum Gasteiger partial charge on any atom is -0.395 e. The first-order valence-corrected chi connectivity index (χ1v) is 2.48. The van der Waals surface area contributed by atoms with Gasteiger partial charge in [0.2, 0.25) is 0 Å². The van der Waals surface area contributed by atoms with Crippen molar-refractivity contribution < 1.29 is 15.5 Å². The molecule has 4 heteroatoms. The average molecular weight is 121 g/mol. The fourth-order valence-electron chi connectivity index (χ4n) is 0.390. The van der Waals surface area contributed by atoms with Crippen LogP contribution in [0.1, 0.15) is 0 Å². The van der Waals surface area contributed by atoms with Crippen LogP contribution in [0, 0.1) is 0 Å². The summed E-state index contributed by atoms with van der Waals surface area (Å²) in [6.07, 6.45) is 0. The molecule has 0 aliphatic carbocycles. The second-order valence-corrected chi connectivity index (χ2v) is 1.55. The fourth-order valence-corrected chi connectivity index (χ4v) is 0.390. The minimum absolute atomic E-state index is 0.163. The van der Waals surface area contributed by atoms with Crippen molar-refractivity contribution in [1.29, 1.82) is 0 Å². The summed E-state index contributed by atoms with van der Waals surface area (Å²) in [6.45, 7) is 0.782. The third-order valence-electron chi connectivity index (χ3n) is 0.738. The van der Waals surface area contributed by atoms with Gasteiger partial charge in [0.25, 0.3) is 0 Å². The van der Waals surface area contributed by atoms with E-state index in [9.17, 15) is 0 Å². The van der Waals surface area contributed by atoms with Crippen LogP contribution in [0.2, 0.25) is 0 Å². The van der Waals surface area contributed by atoms with Crippen LogP contribution < -0.4 is 5.59 Å². The van der Waals surface area contributed by atoms with E-state index in [4.69, 9.17) is 5.11 Å². The molecule has 0 atom stereocenters. The van der Waals surface area contributed by atoms with Crippen molar-refractivity contribution in [3.8, 4) is 0 Å². The Morgan fingerprint density at radius 3 is 2.75 bits per heavy atom. The van der Waals surface area contributed by atoms with Gasteiger partial charge >= 0.3 is 0 Å². The van der Waals surface area contributed by atoms with E-state index in [0.29, 0.717) is 6.54 Å². The summed E-state index contributed by atoms with van der Waals surface area (Å²) in [5.41, 5.74) is 1.55.